The first kappa shape index (κ1) is 17.8. The van der Waals surface area contributed by atoms with Gasteiger partial charge in [-0.25, -0.2) is 4.79 Å². The Labute approximate surface area is 138 Å². The minimum Gasteiger partial charge on any atom is -0.444 e. The van der Waals surface area contributed by atoms with E-state index in [1.54, 1.807) is 0 Å². The molecule has 2 rings (SSSR count). The van der Waals surface area contributed by atoms with Crippen LogP contribution in [0.1, 0.15) is 51.6 Å². The van der Waals surface area contributed by atoms with Crippen molar-refractivity contribution >= 4 is 6.09 Å². The highest BCUT2D eigenvalue weighted by Gasteiger charge is 2.29. The second-order valence-corrected chi connectivity index (χ2v) is 7.17. The summed E-state index contributed by atoms with van der Waals surface area (Å²) in [4.78, 5) is 11.8. The van der Waals surface area contributed by atoms with Gasteiger partial charge in [0.1, 0.15) is 5.60 Å². The van der Waals surface area contributed by atoms with Gasteiger partial charge in [0.2, 0.25) is 0 Å². The number of amides is 1. The average Bonchev–Trinajstić information content (AvgIpc) is 2.90. The Morgan fingerprint density at radius 1 is 1.26 bits per heavy atom. The molecule has 1 amide bonds. The Morgan fingerprint density at radius 2 is 1.91 bits per heavy atom. The maximum atomic E-state index is 11.8. The van der Waals surface area contributed by atoms with Crippen molar-refractivity contribution in [2.45, 2.75) is 63.8 Å². The molecule has 0 saturated heterocycles. The number of carbonyl (C=O) groups is 1. The highest BCUT2D eigenvalue weighted by molar-refractivity contribution is 5.68. The van der Waals surface area contributed by atoms with Crippen LogP contribution < -0.4 is 10.6 Å². The molecule has 1 aromatic carbocycles. The predicted molar refractivity (Wildman–Crippen MR) is 90.2 cm³/mol. The van der Waals surface area contributed by atoms with E-state index in [0.29, 0.717) is 0 Å². The van der Waals surface area contributed by atoms with Crippen molar-refractivity contribution in [3.05, 3.63) is 35.9 Å². The lowest BCUT2D eigenvalue weighted by Gasteiger charge is -2.23. The molecule has 2 unspecified atom stereocenters. The normalized spacial score (nSPS) is 22.6. The molecule has 0 heterocycles. The number of nitrogens with one attached hydrogen (secondary N) is 2. The summed E-state index contributed by atoms with van der Waals surface area (Å²) in [6, 6.07) is 10.3. The van der Waals surface area contributed by atoms with Crippen molar-refractivity contribution in [3.63, 3.8) is 0 Å². The van der Waals surface area contributed by atoms with E-state index in [9.17, 15) is 9.90 Å². The van der Waals surface area contributed by atoms with Gasteiger partial charge in [-0.05, 0) is 45.6 Å². The quantitative estimate of drug-likeness (QED) is 0.780. The molecular weight excluding hydrogens is 292 g/mol. The number of ether oxygens (including phenoxy) is 1. The van der Waals surface area contributed by atoms with Gasteiger partial charge in [-0.15, -0.1) is 0 Å². The lowest BCUT2D eigenvalue weighted by atomic mass is 10.1. The second-order valence-electron chi connectivity index (χ2n) is 7.17. The second kappa shape index (κ2) is 7.79. The van der Waals surface area contributed by atoms with Gasteiger partial charge in [0, 0.05) is 12.1 Å². The van der Waals surface area contributed by atoms with Gasteiger partial charge in [0.05, 0.1) is 12.6 Å². The van der Waals surface area contributed by atoms with Crippen LogP contribution in [0, 0.1) is 0 Å². The summed E-state index contributed by atoms with van der Waals surface area (Å²) in [6.45, 7) is 5.64. The van der Waals surface area contributed by atoms with E-state index in [0.717, 1.165) is 24.8 Å². The van der Waals surface area contributed by atoms with Crippen molar-refractivity contribution < 1.29 is 14.6 Å². The largest absolute Gasteiger partial charge is 0.444 e. The summed E-state index contributed by atoms with van der Waals surface area (Å²) in [6.07, 6.45) is 2.39. The number of rotatable bonds is 5. The molecule has 1 aromatic rings. The molecule has 0 bridgehead atoms. The number of hydrogen-bond acceptors (Lipinski definition) is 4. The monoisotopic (exact) mass is 320 g/mol. The summed E-state index contributed by atoms with van der Waals surface area (Å²) in [5, 5.41) is 16.1. The SMILES string of the molecule is CC(C)(C)OC(=O)NC1CCC(N[C@H](CO)c2ccccc2)C1. The van der Waals surface area contributed by atoms with Crippen molar-refractivity contribution in [1.29, 1.82) is 0 Å². The summed E-state index contributed by atoms with van der Waals surface area (Å²) in [5.41, 5.74) is 0.605. The zero-order valence-electron chi connectivity index (χ0n) is 14.2. The smallest absolute Gasteiger partial charge is 0.407 e. The molecule has 23 heavy (non-hydrogen) atoms. The molecule has 3 N–H and O–H groups in total. The number of aliphatic hydroxyl groups excluding tert-OH is 1. The predicted octanol–water partition coefficient (Wildman–Crippen LogP) is 2.76. The minimum atomic E-state index is -0.477. The number of benzene rings is 1. The molecule has 5 heteroatoms. The Hall–Kier alpha value is -1.59. The highest BCUT2D eigenvalue weighted by atomic mass is 16.6. The van der Waals surface area contributed by atoms with Crippen LogP contribution in [0.4, 0.5) is 4.79 Å². The maximum absolute atomic E-state index is 11.8. The van der Waals surface area contributed by atoms with Crippen molar-refractivity contribution in [3.8, 4) is 0 Å². The lowest BCUT2D eigenvalue weighted by Crippen LogP contribution is -2.39. The molecule has 1 aliphatic rings. The Morgan fingerprint density at radius 3 is 2.52 bits per heavy atom. The number of carbonyl (C=O) groups excluding carboxylic acids is 1. The maximum Gasteiger partial charge on any atom is 0.407 e. The third-order valence-electron chi connectivity index (χ3n) is 3.97. The standard InChI is InChI=1S/C18H28N2O3/c1-18(2,3)23-17(22)20-15-10-9-14(11-15)19-16(12-21)13-7-5-4-6-8-13/h4-8,14-16,19,21H,9-12H2,1-3H3,(H,20,22)/t14?,15?,16-/m1/s1. The summed E-state index contributed by atoms with van der Waals surface area (Å²) >= 11 is 0. The third kappa shape index (κ3) is 5.84. The number of hydrogen-bond donors (Lipinski definition) is 3. The highest BCUT2D eigenvalue weighted by Crippen LogP contribution is 2.23. The molecule has 1 fully saturated rings. The van der Waals surface area contributed by atoms with Crippen molar-refractivity contribution in [2.75, 3.05) is 6.61 Å². The zero-order chi connectivity index (χ0) is 16.9. The van der Waals surface area contributed by atoms with Crippen LogP contribution in [0.2, 0.25) is 0 Å². The summed E-state index contributed by atoms with van der Waals surface area (Å²) in [7, 11) is 0. The van der Waals surface area contributed by atoms with E-state index in [1.807, 2.05) is 51.1 Å². The molecule has 3 atom stereocenters. The molecular formula is C18H28N2O3. The Bertz CT molecular complexity index is 499. The van der Waals surface area contributed by atoms with Crippen molar-refractivity contribution in [1.82, 2.24) is 10.6 Å². The average molecular weight is 320 g/mol. The summed E-state index contributed by atoms with van der Waals surface area (Å²) < 4.78 is 5.30. The zero-order valence-corrected chi connectivity index (χ0v) is 14.2. The first-order valence-corrected chi connectivity index (χ1v) is 8.29. The van der Waals surface area contributed by atoms with Crippen LogP contribution in [0.3, 0.4) is 0 Å². The van der Waals surface area contributed by atoms with Crippen LogP contribution in [0.15, 0.2) is 30.3 Å². The Balaban J connectivity index is 1.82. The van der Waals surface area contributed by atoms with Gasteiger partial charge in [-0.3, -0.25) is 0 Å². The van der Waals surface area contributed by atoms with Crippen LogP contribution in [-0.4, -0.2) is 35.5 Å². The van der Waals surface area contributed by atoms with E-state index in [2.05, 4.69) is 10.6 Å². The third-order valence-corrected chi connectivity index (χ3v) is 3.97. The molecule has 0 aliphatic heterocycles. The van der Waals surface area contributed by atoms with Crippen LogP contribution >= 0.6 is 0 Å². The molecule has 5 nitrogen and oxygen atoms in total. The fraction of sp³-hybridized carbons (Fsp3) is 0.611. The summed E-state index contributed by atoms with van der Waals surface area (Å²) in [5.74, 6) is 0. The lowest BCUT2D eigenvalue weighted by molar-refractivity contribution is 0.0505. The fourth-order valence-electron chi connectivity index (χ4n) is 2.96. The van der Waals surface area contributed by atoms with E-state index in [1.165, 1.54) is 0 Å². The topological polar surface area (TPSA) is 70.6 Å². The van der Waals surface area contributed by atoms with Gasteiger partial charge in [-0.1, -0.05) is 30.3 Å². The Kier molecular flexibility index (Phi) is 6.02. The van der Waals surface area contributed by atoms with E-state index in [-0.39, 0.29) is 30.8 Å². The fourth-order valence-corrected chi connectivity index (χ4v) is 2.96. The van der Waals surface area contributed by atoms with Crippen LogP contribution in [0.5, 0.6) is 0 Å². The first-order valence-electron chi connectivity index (χ1n) is 8.29. The van der Waals surface area contributed by atoms with Gasteiger partial charge < -0.3 is 20.5 Å². The van der Waals surface area contributed by atoms with E-state index >= 15 is 0 Å². The molecule has 0 aromatic heterocycles. The van der Waals surface area contributed by atoms with Crippen molar-refractivity contribution in [2.24, 2.45) is 0 Å². The molecule has 0 radical (unpaired) electrons. The van der Waals surface area contributed by atoms with Gasteiger partial charge in [0.25, 0.3) is 0 Å². The van der Waals surface area contributed by atoms with E-state index < -0.39 is 5.60 Å². The molecule has 128 valence electrons. The van der Waals surface area contributed by atoms with Crippen LogP contribution in [-0.2, 0) is 4.74 Å². The molecule has 0 spiro atoms. The minimum absolute atomic E-state index is 0.0602. The molecule has 1 aliphatic carbocycles. The van der Waals surface area contributed by atoms with Crippen LogP contribution in [0.25, 0.3) is 0 Å². The van der Waals surface area contributed by atoms with Gasteiger partial charge >= 0.3 is 6.09 Å². The first-order chi connectivity index (χ1) is 10.9. The number of aliphatic hydroxyl groups is 1. The van der Waals surface area contributed by atoms with Gasteiger partial charge in [0.15, 0.2) is 0 Å². The van der Waals surface area contributed by atoms with Gasteiger partial charge in [-0.2, -0.15) is 0 Å². The number of alkyl carbamates (subject to hydrolysis) is 1. The van der Waals surface area contributed by atoms with E-state index in [4.69, 9.17) is 4.74 Å². The molecule has 1 saturated carbocycles.